The minimum Gasteiger partial charge on any atom is -0.493 e. The van der Waals surface area contributed by atoms with Crippen LogP contribution in [0.4, 0.5) is 0 Å². The fourth-order valence-electron chi connectivity index (χ4n) is 2.38. The molecule has 0 saturated heterocycles. The number of hydrogen-bond donors (Lipinski definition) is 1. The maximum absolute atomic E-state index is 9.76. The van der Waals surface area contributed by atoms with Crippen molar-refractivity contribution in [2.24, 2.45) is 0 Å². The Morgan fingerprint density at radius 1 is 1.24 bits per heavy atom. The van der Waals surface area contributed by atoms with Crippen LogP contribution < -0.4 is 4.74 Å². The summed E-state index contributed by atoms with van der Waals surface area (Å²) in [4.78, 5) is 4.64. The number of imidazole rings is 1. The van der Waals surface area contributed by atoms with E-state index in [0.717, 1.165) is 32.8 Å². The van der Waals surface area contributed by atoms with Crippen molar-refractivity contribution in [3.8, 4) is 17.0 Å². The number of nitrogens with zero attached hydrogens (tertiary/aromatic N) is 2. The second-order valence-corrected chi connectivity index (χ2v) is 5.49. The third kappa shape index (κ3) is 2.54. The molecule has 2 aromatic heterocycles. The van der Waals surface area contributed by atoms with Crippen molar-refractivity contribution in [3.63, 3.8) is 0 Å². The molecule has 1 aromatic carbocycles. The van der Waals surface area contributed by atoms with Crippen molar-refractivity contribution in [1.82, 2.24) is 9.38 Å². The van der Waals surface area contributed by atoms with E-state index in [1.54, 1.807) is 0 Å². The lowest BCUT2D eigenvalue weighted by atomic mass is 10.1. The van der Waals surface area contributed by atoms with E-state index >= 15 is 0 Å². The Hall–Kier alpha value is -1.85. The number of para-hydroxylation sites is 1. The van der Waals surface area contributed by atoms with E-state index in [9.17, 15) is 5.11 Å². The Kier molecular flexibility index (Phi) is 3.94. The molecule has 1 N–H and O–H groups in total. The number of ether oxygens (including phenoxy) is 1. The first-order valence-electron chi connectivity index (χ1n) is 6.74. The quantitative estimate of drug-likeness (QED) is 0.784. The molecular formula is C16H15BrN2O2. The highest BCUT2D eigenvalue weighted by atomic mass is 79.9. The summed E-state index contributed by atoms with van der Waals surface area (Å²) >= 11 is 3.45. The maximum Gasteiger partial charge on any atom is 0.137 e. The molecule has 5 heteroatoms. The zero-order chi connectivity index (χ0) is 14.8. The lowest BCUT2D eigenvalue weighted by molar-refractivity contribution is 0.276. The first-order chi connectivity index (χ1) is 10.2. The molecule has 0 atom stereocenters. The summed E-state index contributed by atoms with van der Waals surface area (Å²) < 4.78 is 8.50. The summed E-state index contributed by atoms with van der Waals surface area (Å²) in [7, 11) is 0. The van der Waals surface area contributed by atoms with E-state index in [1.165, 1.54) is 0 Å². The molecule has 0 unspecified atom stereocenters. The molecule has 0 amide bonds. The number of benzene rings is 1. The van der Waals surface area contributed by atoms with Gasteiger partial charge < -0.3 is 9.84 Å². The summed E-state index contributed by atoms with van der Waals surface area (Å²) in [5, 5.41) is 9.76. The second kappa shape index (κ2) is 5.87. The predicted octanol–water partition coefficient (Wildman–Crippen LogP) is 3.65. The number of hydrogen-bond acceptors (Lipinski definition) is 3. The standard InChI is InChI=1S/C16H15BrN2O2/c1-2-21-14-6-4-3-5-12(14)16-13(10-20)19-9-11(17)7-8-15(19)18-16/h3-9,20H,2,10H2,1H3. The Morgan fingerprint density at radius 3 is 2.81 bits per heavy atom. The van der Waals surface area contributed by atoms with Crippen LogP contribution in [-0.2, 0) is 6.61 Å². The van der Waals surface area contributed by atoms with Gasteiger partial charge in [0.15, 0.2) is 0 Å². The molecule has 0 aliphatic heterocycles. The number of fused-ring (bicyclic) bond motifs is 1. The van der Waals surface area contributed by atoms with Crippen LogP contribution in [-0.4, -0.2) is 21.1 Å². The Bertz CT molecular complexity index is 783. The zero-order valence-electron chi connectivity index (χ0n) is 11.6. The molecule has 0 saturated carbocycles. The number of aliphatic hydroxyl groups excluding tert-OH is 1. The Labute approximate surface area is 131 Å². The second-order valence-electron chi connectivity index (χ2n) is 4.57. The maximum atomic E-state index is 9.76. The predicted molar refractivity (Wildman–Crippen MR) is 85.4 cm³/mol. The minimum absolute atomic E-state index is 0.0899. The summed E-state index contributed by atoms with van der Waals surface area (Å²) in [5.41, 5.74) is 3.19. The highest BCUT2D eigenvalue weighted by Gasteiger charge is 2.16. The van der Waals surface area contributed by atoms with Gasteiger partial charge in [-0.25, -0.2) is 4.98 Å². The molecule has 21 heavy (non-hydrogen) atoms. The van der Waals surface area contributed by atoms with Crippen molar-refractivity contribution in [3.05, 3.63) is 52.8 Å². The molecule has 3 aromatic rings. The molecule has 0 radical (unpaired) electrons. The number of aliphatic hydroxyl groups is 1. The minimum atomic E-state index is -0.0899. The summed E-state index contributed by atoms with van der Waals surface area (Å²) in [6.07, 6.45) is 1.90. The van der Waals surface area contributed by atoms with Crippen LogP contribution >= 0.6 is 15.9 Å². The SMILES string of the molecule is CCOc1ccccc1-c1nc2ccc(Br)cn2c1CO. The Balaban J connectivity index is 2.25. The van der Waals surface area contributed by atoms with Crippen LogP contribution in [0, 0.1) is 0 Å². The van der Waals surface area contributed by atoms with Gasteiger partial charge in [-0.2, -0.15) is 0 Å². The third-order valence-electron chi connectivity index (χ3n) is 3.27. The summed E-state index contributed by atoms with van der Waals surface area (Å²) in [6.45, 7) is 2.45. The summed E-state index contributed by atoms with van der Waals surface area (Å²) in [5.74, 6) is 0.775. The lowest BCUT2D eigenvalue weighted by Crippen LogP contribution is -1.97. The van der Waals surface area contributed by atoms with Crippen LogP contribution in [0.25, 0.3) is 16.9 Å². The molecule has 108 valence electrons. The molecule has 2 heterocycles. The molecule has 0 aliphatic carbocycles. The molecule has 0 fully saturated rings. The van der Waals surface area contributed by atoms with Crippen LogP contribution in [0.1, 0.15) is 12.6 Å². The van der Waals surface area contributed by atoms with E-state index in [-0.39, 0.29) is 6.61 Å². The number of aromatic nitrogens is 2. The van der Waals surface area contributed by atoms with Gasteiger partial charge in [-0.3, -0.25) is 4.40 Å². The van der Waals surface area contributed by atoms with Gasteiger partial charge in [0.05, 0.1) is 24.6 Å². The van der Waals surface area contributed by atoms with Crippen molar-refractivity contribution in [2.75, 3.05) is 6.61 Å². The molecule has 3 rings (SSSR count). The molecular weight excluding hydrogens is 332 g/mol. The van der Waals surface area contributed by atoms with E-state index < -0.39 is 0 Å². The van der Waals surface area contributed by atoms with Crippen molar-refractivity contribution in [2.45, 2.75) is 13.5 Å². The number of rotatable bonds is 4. The first kappa shape index (κ1) is 14.1. The largest absolute Gasteiger partial charge is 0.493 e. The van der Waals surface area contributed by atoms with Gasteiger partial charge in [-0.1, -0.05) is 12.1 Å². The van der Waals surface area contributed by atoms with E-state index in [0.29, 0.717) is 6.61 Å². The van der Waals surface area contributed by atoms with Gasteiger partial charge in [-0.05, 0) is 47.1 Å². The topological polar surface area (TPSA) is 46.8 Å². The van der Waals surface area contributed by atoms with E-state index in [1.807, 2.05) is 53.9 Å². The fourth-order valence-corrected chi connectivity index (χ4v) is 2.71. The van der Waals surface area contributed by atoms with E-state index in [4.69, 9.17) is 4.74 Å². The van der Waals surface area contributed by atoms with Crippen LogP contribution in [0.5, 0.6) is 5.75 Å². The molecule has 0 aliphatic rings. The van der Waals surface area contributed by atoms with E-state index in [2.05, 4.69) is 20.9 Å². The number of halogens is 1. The fraction of sp³-hybridized carbons (Fsp3) is 0.188. The highest BCUT2D eigenvalue weighted by molar-refractivity contribution is 9.10. The van der Waals surface area contributed by atoms with Crippen LogP contribution in [0.15, 0.2) is 47.1 Å². The van der Waals surface area contributed by atoms with Gasteiger partial charge in [-0.15, -0.1) is 0 Å². The Morgan fingerprint density at radius 2 is 2.05 bits per heavy atom. The van der Waals surface area contributed by atoms with Crippen molar-refractivity contribution >= 4 is 21.6 Å². The average molecular weight is 347 g/mol. The summed E-state index contributed by atoms with van der Waals surface area (Å²) in [6, 6.07) is 11.6. The van der Waals surface area contributed by atoms with Gasteiger partial charge in [0.2, 0.25) is 0 Å². The lowest BCUT2D eigenvalue weighted by Gasteiger charge is -2.09. The van der Waals surface area contributed by atoms with Crippen LogP contribution in [0.3, 0.4) is 0 Å². The van der Waals surface area contributed by atoms with Gasteiger partial charge in [0, 0.05) is 16.2 Å². The van der Waals surface area contributed by atoms with Crippen LogP contribution in [0.2, 0.25) is 0 Å². The monoisotopic (exact) mass is 346 g/mol. The average Bonchev–Trinajstić information content (AvgIpc) is 2.85. The van der Waals surface area contributed by atoms with Crippen molar-refractivity contribution in [1.29, 1.82) is 0 Å². The first-order valence-corrected chi connectivity index (χ1v) is 7.53. The normalized spacial score (nSPS) is 11.0. The smallest absolute Gasteiger partial charge is 0.137 e. The highest BCUT2D eigenvalue weighted by Crippen LogP contribution is 2.32. The molecule has 0 bridgehead atoms. The van der Waals surface area contributed by atoms with Gasteiger partial charge >= 0.3 is 0 Å². The van der Waals surface area contributed by atoms with Gasteiger partial charge in [0.25, 0.3) is 0 Å². The van der Waals surface area contributed by atoms with Gasteiger partial charge in [0.1, 0.15) is 11.4 Å². The molecule has 0 spiro atoms. The zero-order valence-corrected chi connectivity index (χ0v) is 13.2. The van der Waals surface area contributed by atoms with Crippen molar-refractivity contribution < 1.29 is 9.84 Å². The number of pyridine rings is 1. The molecule has 4 nitrogen and oxygen atoms in total. The third-order valence-corrected chi connectivity index (χ3v) is 3.74.